The zero-order valence-electron chi connectivity index (χ0n) is 8.34. The minimum absolute atomic E-state index is 0.134. The van der Waals surface area contributed by atoms with Gasteiger partial charge in [-0.2, -0.15) is 0 Å². The van der Waals surface area contributed by atoms with Crippen LogP contribution in [0.5, 0.6) is 0 Å². The molecule has 0 aliphatic carbocycles. The largest absolute Gasteiger partial charge is 0.388 e. The molecule has 0 aromatic carbocycles. The lowest BCUT2D eigenvalue weighted by Crippen LogP contribution is -2.61. The fourth-order valence-corrected chi connectivity index (χ4v) is 1.79. The molecule has 14 heavy (non-hydrogen) atoms. The zero-order valence-corrected chi connectivity index (χ0v) is 8.34. The second-order valence-corrected chi connectivity index (χ2v) is 4.22. The number of fused-ring (bicyclic) bond motifs is 1. The first-order valence-corrected chi connectivity index (χ1v) is 4.79. The fourth-order valence-electron chi connectivity index (χ4n) is 1.79. The van der Waals surface area contributed by atoms with Crippen molar-refractivity contribution in [3.8, 4) is 0 Å². The highest BCUT2D eigenvalue weighted by Crippen LogP contribution is 2.29. The second-order valence-electron chi connectivity index (χ2n) is 4.22. The number of hydrogen-bond donors (Lipinski definition) is 2. The summed E-state index contributed by atoms with van der Waals surface area (Å²) in [4.78, 5) is 0. The molecule has 0 spiro atoms. The third-order valence-corrected chi connectivity index (χ3v) is 2.59. The predicted molar refractivity (Wildman–Crippen MR) is 46.7 cm³/mol. The maximum atomic E-state index is 9.69. The van der Waals surface area contributed by atoms with Gasteiger partial charge in [-0.3, -0.25) is 0 Å². The topological polar surface area (TPSA) is 68.2 Å². The molecule has 2 heterocycles. The molecule has 2 N–H and O–H groups in total. The molecule has 82 valence electrons. The summed E-state index contributed by atoms with van der Waals surface area (Å²) in [5, 5.41) is 19.1. The van der Waals surface area contributed by atoms with Crippen molar-refractivity contribution in [1.29, 1.82) is 0 Å². The van der Waals surface area contributed by atoms with Crippen molar-refractivity contribution in [2.45, 2.75) is 44.1 Å². The number of ether oxygens (including phenoxy) is 3. The first-order valence-electron chi connectivity index (χ1n) is 4.79. The van der Waals surface area contributed by atoms with Crippen LogP contribution in [0.15, 0.2) is 0 Å². The van der Waals surface area contributed by atoms with Crippen LogP contribution < -0.4 is 0 Å². The van der Waals surface area contributed by atoms with E-state index in [4.69, 9.17) is 14.2 Å². The Morgan fingerprint density at radius 2 is 1.93 bits per heavy atom. The molecule has 0 radical (unpaired) electrons. The molecule has 2 saturated heterocycles. The van der Waals surface area contributed by atoms with Crippen LogP contribution in [0.1, 0.15) is 13.8 Å². The maximum Gasteiger partial charge on any atom is 0.163 e. The molecule has 0 aromatic rings. The van der Waals surface area contributed by atoms with Gasteiger partial charge in [0, 0.05) is 0 Å². The van der Waals surface area contributed by atoms with Crippen LogP contribution in [-0.4, -0.2) is 53.6 Å². The van der Waals surface area contributed by atoms with Crippen LogP contribution >= 0.6 is 0 Å². The molecular weight excluding hydrogens is 188 g/mol. The monoisotopic (exact) mass is 204 g/mol. The van der Waals surface area contributed by atoms with E-state index in [0.29, 0.717) is 6.61 Å². The van der Waals surface area contributed by atoms with Gasteiger partial charge in [0.2, 0.25) is 0 Å². The summed E-state index contributed by atoms with van der Waals surface area (Å²) in [7, 11) is 0. The average Bonchev–Trinajstić information content (AvgIpc) is 2.11. The van der Waals surface area contributed by atoms with Crippen molar-refractivity contribution in [1.82, 2.24) is 0 Å². The third kappa shape index (κ3) is 1.78. The lowest BCUT2D eigenvalue weighted by atomic mass is 9.99. The highest BCUT2D eigenvalue weighted by molar-refractivity contribution is 4.91. The number of rotatable bonds is 0. The van der Waals surface area contributed by atoms with Crippen LogP contribution in [0.4, 0.5) is 0 Å². The van der Waals surface area contributed by atoms with Crippen molar-refractivity contribution in [2.24, 2.45) is 0 Å². The van der Waals surface area contributed by atoms with Gasteiger partial charge in [-0.25, -0.2) is 0 Å². The molecule has 5 nitrogen and oxygen atoms in total. The van der Waals surface area contributed by atoms with E-state index >= 15 is 0 Å². The molecule has 2 rings (SSSR count). The zero-order chi connectivity index (χ0) is 10.3. The molecular formula is C9H16O5. The Morgan fingerprint density at radius 3 is 2.64 bits per heavy atom. The van der Waals surface area contributed by atoms with Crippen molar-refractivity contribution in [3.63, 3.8) is 0 Å². The van der Waals surface area contributed by atoms with Crippen molar-refractivity contribution in [3.05, 3.63) is 0 Å². The Balaban J connectivity index is 2.08. The lowest BCUT2D eigenvalue weighted by molar-refractivity contribution is -0.346. The van der Waals surface area contributed by atoms with Crippen LogP contribution in [-0.2, 0) is 14.2 Å². The Hall–Kier alpha value is -0.200. The van der Waals surface area contributed by atoms with Gasteiger partial charge < -0.3 is 24.4 Å². The minimum Gasteiger partial charge on any atom is -0.388 e. The molecule has 0 aromatic heterocycles. The SMILES string of the molecule is CC1(C)OC[C@H]2OC[C@H](O)[C@@H](O)[C@@H]2O1. The van der Waals surface area contributed by atoms with Gasteiger partial charge >= 0.3 is 0 Å². The van der Waals surface area contributed by atoms with E-state index in [1.807, 2.05) is 0 Å². The van der Waals surface area contributed by atoms with Crippen molar-refractivity contribution >= 4 is 0 Å². The Morgan fingerprint density at radius 1 is 1.21 bits per heavy atom. The number of aliphatic hydroxyl groups is 2. The quantitative estimate of drug-likeness (QED) is 0.544. The van der Waals surface area contributed by atoms with Crippen molar-refractivity contribution < 1.29 is 24.4 Å². The van der Waals surface area contributed by atoms with Crippen molar-refractivity contribution in [2.75, 3.05) is 13.2 Å². The Labute approximate surface area is 82.6 Å². The van der Waals surface area contributed by atoms with Crippen LogP contribution in [0.25, 0.3) is 0 Å². The van der Waals surface area contributed by atoms with E-state index in [2.05, 4.69) is 0 Å². The molecule has 2 fully saturated rings. The van der Waals surface area contributed by atoms with Gasteiger partial charge in [-0.1, -0.05) is 0 Å². The highest BCUT2D eigenvalue weighted by atomic mass is 16.7. The van der Waals surface area contributed by atoms with Crippen LogP contribution in [0.3, 0.4) is 0 Å². The number of aliphatic hydroxyl groups excluding tert-OH is 2. The van der Waals surface area contributed by atoms with Crippen LogP contribution in [0.2, 0.25) is 0 Å². The van der Waals surface area contributed by atoms with Gasteiger partial charge in [-0.15, -0.1) is 0 Å². The summed E-state index contributed by atoms with van der Waals surface area (Å²) >= 11 is 0. The van der Waals surface area contributed by atoms with E-state index in [1.165, 1.54) is 0 Å². The molecule has 0 saturated carbocycles. The first-order chi connectivity index (χ1) is 6.49. The summed E-state index contributed by atoms with van der Waals surface area (Å²) in [6.07, 6.45) is -2.54. The standard InChI is InChI=1S/C9H16O5/c1-9(2)13-4-6-8(14-9)7(11)5(10)3-12-6/h5-8,10-11H,3-4H2,1-2H3/t5-,6+,7+,8+/m0/s1. The Bertz CT molecular complexity index is 215. The molecule has 5 heteroatoms. The molecule has 0 unspecified atom stereocenters. The van der Waals surface area contributed by atoms with Gasteiger partial charge in [0.05, 0.1) is 13.2 Å². The van der Waals surface area contributed by atoms with E-state index in [1.54, 1.807) is 13.8 Å². The lowest BCUT2D eigenvalue weighted by Gasteiger charge is -2.46. The molecule has 0 bridgehead atoms. The van der Waals surface area contributed by atoms with E-state index < -0.39 is 24.1 Å². The molecule has 2 aliphatic rings. The van der Waals surface area contributed by atoms with Gasteiger partial charge in [0.1, 0.15) is 24.4 Å². The summed E-state index contributed by atoms with van der Waals surface area (Å²) in [6, 6.07) is 0. The summed E-state index contributed by atoms with van der Waals surface area (Å²) in [6.45, 7) is 4.07. The molecule has 0 amide bonds. The normalized spacial score (nSPS) is 47.1. The highest BCUT2D eigenvalue weighted by Gasteiger charge is 2.46. The summed E-state index contributed by atoms with van der Waals surface area (Å²) in [5.41, 5.74) is 0. The van der Waals surface area contributed by atoms with Crippen LogP contribution in [0, 0.1) is 0 Å². The fraction of sp³-hybridized carbons (Fsp3) is 1.00. The first kappa shape index (κ1) is 10.3. The molecule has 2 aliphatic heterocycles. The minimum atomic E-state index is -0.892. The van der Waals surface area contributed by atoms with E-state index in [-0.39, 0.29) is 12.7 Å². The third-order valence-electron chi connectivity index (χ3n) is 2.59. The van der Waals surface area contributed by atoms with E-state index in [0.717, 1.165) is 0 Å². The predicted octanol–water partition coefficient (Wildman–Crippen LogP) is -0.742. The maximum absolute atomic E-state index is 9.69. The second kappa shape index (κ2) is 3.43. The average molecular weight is 204 g/mol. The van der Waals surface area contributed by atoms with E-state index in [9.17, 15) is 10.2 Å². The Kier molecular flexibility index (Phi) is 2.53. The summed E-state index contributed by atoms with van der Waals surface area (Å²) < 4.78 is 16.2. The smallest absolute Gasteiger partial charge is 0.163 e. The van der Waals surface area contributed by atoms with Gasteiger partial charge in [-0.05, 0) is 13.8 Å². The molecule has 4 atom stereocenters. The number of hydrogen-bond acceptors (Lipinski definition) is 5. The van der Waals surface area contributed by atoms with Gasteiger partial charge in [0.15, 0.2) is 5.79 Å². The van der Waals surface area contributed by atoms with Gasteiger partial charge in [0.25, 0.3) is 0 Å². The summed E-state index contributed by atoms with van der Waals surface area (Å²) in [5.74, 6) is -0.720.